The zero-order valence-electron chi connectivity index (χ0n) is 19.6. The monoisotopic (exact) mass is 517 g/mol. The highest BCUT2D eigenvalue weighted by Gasteiger charge is 2.35. The zero-order valence-corrected chi connectivity index (χ0v) is 20.4. The van der Waals surface area contributed by atoms with Gasteiger partial charge in [-0.15, -0.1) is 0 Å². The summed E-state index contributed by atoms with van der Waals surface area (Å²) in [4.78, 5) is 19.1. The summed E-state index contributed by atoms with van der Waals surface area (Å²) >= 11 is 1.26. The van der Waals surface area contributed by atoms with Crippen molar-refractivity contribution in [3.05, 3.63) is 58.0 Å². The highest BCUT2D eigenvalue weighted by molar-refractivity contribution is 8.18. The first-order chi connectivity index (χ1) is 17.1. The van der Waals surface area contributed by atoms with Crippen LogP contribution in [0.4, 0.5) is 13.2 Å². The molecular weight excluding hydrogens is 495 g/mol. The molecule has 1 amide bonds. The molecule has 0 N–H and O–H groups in total. The molecule has 2 aliphatic rings. The Hall–Kier alpha value is -3.49. The second kappa shape index (κ2) is 10.2. The molecule has 0 aromatic heterocycles. The second-order valence-corrected chi connectivity index (χ2v) is 9.31. The predicted octanol–water partition coefficient (Wildman–Crippen LogP) is 5.46. The van der Waals surface area contributed by atoms with Crippen LogP contribution in [0.5, 0.6) is 17.2 Å². The van der Waals surface area contributed by atoms with Crippen molar-refractivity contribution < 1.29 is 32.2 Å². The third-order valence-corrected chi connectivity index (χ3v) is 6.46. The number of rotatable bonds is 4. The number of aliphatic imine (C=N–C) groups is 1. The van der Waals surface area contributed by atoms with Crippen LogP contribution in [0.2, 0.25) is 0 Å². The Bertz CT molecular complexity index is 1280. The van der Waals surface area contributed by atoms with Gasteiger partial charge >= 0.3 is 6.18 Å². The fourth-order valence-corrected chi connectivity index (χ4v) is 4.84. The van der Waals surface area contributed by atoms with Crippen LogP contribution in [0, 0.1) is 11.3 Å². The highest BCUT2D eigenvalue weighted by Crippen LogP contribution is 2.41. The molecule has 2 heterocycles. The first kappa shape index (κ1) is 25.6. The van der Waals surface area contributed by atoms with E-state index >= 15 is 0 Å². The Morgan fingerprint density at radius 2 is 1.83 bits per heavy atom. The van der Waals surface area contributed by atoms with Gasteiger partial charge < -0.3 is 19.1 Å². The van der Waals surface area contributed by atoms with Crippen LogP contribution in [-0.4, -0.2) is 48.4 Å². The minimum atomic E-state index is -4.71. The Morgan fingerprint density at radius 3 is 2.47 bits per heavy atom. The molecule has 7 nitrogen and oxygen atoms in total. The molecule has 2 aromatic carbocycles. The summed E-state index contributed by atoms with van der Waals surface area (Å²) in [6.45, 7) is 5.19. The van der Waals surface area contributed by atoms with Gasteiger partial charge in [-0.2, -0.15) is 23.4 Å². The Morgan fingerprint density at radius 1 is 1.14 bits per heavy atom. The van der Waals surface area contributed by atoms with E-state index in [1.54, 1.807) is 24.3 Å². The van der Waals surface area contributed by atoms with Crippen molar-refractivity contribution in [1.82, 2.24) is 4.90 Å². The molecule has 0 bridgehead atoms. The molecule has 2 atom stereocenters. The summed E-state index contributed by atoms with van der Waals surface area (Å²) in [6.07, 6.45) is -3.03. The van der Waals surface area contributed by atoms with E-state index in [0.717, 1.165) is 12.1 Å². The third-order valence-electron chi connectivity index (χ3n) is 5.42. The highest BCUT2D eigenvalue weighted by atomic mass is 32.2. The molecule has 2 aromatic rings. The number of carbonyl (C=O) groups excluding carboxylic acids is 1. The van der Waals surface area contributed by atoms with Crippen LogP contribution in [0.1, 0.15) is 30.5 Å². The molecule has 2 unspecified atom stereocenters. The fraction of sp³-hybridized carbons (Fsp3) is 0.320. The summed E-state index contributed by atoms with van der Waals surface area (Å²) < 4.78 is 57.1. The number of alkyl halides is 3. The van der Waals surface area contributed by atoms with Crippen molar-refractivity contribution >= 4 is 28.9 Å². The lowest BCUT2D eigenvalue weighted by Gasteiger charge is -2.35. The molecule has 0 saturated carbocycles. The number of amidine groups is 1. The molecule has 4 rings (SSSR count). The third kappa shape index (κ3) is 5.66. The quantitative estimate of drug-likeness (QED) is 0.498. The maximum atomic E-state index is 13.5. The van der Waals surface area contributed by atoms with Gasteiger partial charge in [-0.25, -0.2) is 0 Å². The predicted molar refractivity (Wildman–Crippen MR) is 129 cm³/mol. The zero-order chi connectivity index (χ0) is 26.0. The van der Waals surface area contributed by atoms with Gasteiger partial charge in [0.25, 0.3) is 5.91 Å². The molecule has 2 aliphatic heterocycles. The van der Waals surface area contributed by atoms with E-state index in [9.17, 15) is 18.0 Å². The maximum absolute atomic E-state index is 13.5. The van der Waals surface area contributed by atoms with Crippen molar-refractivity contribution in [2.24, 2.45) is 4.99 Å². The summed E-state index contributed by atoms with van der Waals surface area (Å²) in [5.74, 6) is -0.601. The van der Waals surface area contributed by atoms with E-state index in [4.69, 9.17) is 19.5 Å². The molecule has 36 heavy (non-hydrogen) atoms. The van der Waals surface area contributed by atoms with E-state index in [1.807, 2.05) is 18.7 Å². The Kier molecular flexibility index (Phi) is 7.28. The van der Waals surface area contributed by atoms with Gasteiger partial charge in [0.2, 0.25) is 0 Å². The van der Waals surface area contributed by atoms with E-state index < -0.39 is 17.5 Å². The van der Waals surface area contributed by atoms with Crippen LogP contribution in [-0.2, 0) is 15.7 Å². The van der Waals surface area contributed by atoms with E-state index in [0.29, 0.717) is 28.7 Å². The Labute approximate surface area is 210 Å². The molecule has 0 aliphatic carbocycles. The number of amides is 1. The molecule has 0 radical (unpaired) electrons. The summed E-state index contributed by atoms with van der Waals surface area (Å²) in [5, 5.41) is 9.56. The first-order valence-electron chi connectivity index (χ1n) is 11.0. The minimum Gasteiger partial charge on any atom is -0.493 e. The van der Waals surface area contributed by atoms with Crippen molar-refractivity contribution in [1.29, 1.82) is 5.26 Å². The fourth-order valence-electron chi connectivity index (χ4n) is 3.91. The smallest absolute Gasteiger partial charge is 0.420 e. The molecule has 1 fully saturated rings. The van der Waals surface area contributed by atoms with Gasteiger partial charge in [-0.1, -0.05) is 6.07 Å². The number of hydrogen-bond acceptors (Lipinski definition) is 7. The largest absolute Gasteiger partial charge is 0.493 e. The van der Waals surface area contributed by atoms with Gasteiger partial charge in [0, 0.05) is 13.1 Å². The number of methoxy groups -OCH3 is 1. The van der Waals surface area contributed by atoms with Gasteiger partial charge in [0.05, 0.1) is 41.4 Å². The van der Waals surface area contributed by atoms with Gasteiger partial charge in [-0.3, -0.25) is 4.79 Å². The van der Waals surface area contributed by atoms with E-state index in [1.165, 1.54) is 31.0 Å². The molecule has 188 valence electrons. The first-order valence-corrected chi connectivity index (χ1v) is 11.8. The molecular formula is C25H22F3N3O4S. The lowest BCUT2D eigenvalue weighted by atomic mass is 10.1. The van der Waals surface area contributed by atoms with Crippen LogP contribution < -0.4 is 9.47 Å². The number of benzene rings is 2. The van der Waals surface area contributed by atoms with Crippen LogP contribution >= 0.6 is 11.8 Å². The number of carbonyl (C=O) groups is 1. The van der Waals surface area contributed by atoms with Gasteiger partial charge in [-0.05, 0) is 67.6 Å². The van der Waals surface area contributed by atoms with Gasteiger partial charge in [0.1, 0.15) is 5.75 Å². The van der Waals surface area contributed by atoms with Crippen LogP contribution in [0.3, 0.4) is 0 Å². The summed E-state index contributed by atoms with van der Waals surface area (Å²) in [6, 6.07) is 9.38. The van der Waals surface area contributed by atoms with Crippen molar-refractivity contribution in [2.45, 2.75) is 32.2 Å². The van der Waals surface area contributed by atoms with Crippen LogP contribution in [0.15, 0.2) is 46.3 Å². The number of thioether (sulfide) groups is 1. The summed E-state index contributed by atoms with van der Waals surface area (Å²) in [5.41, 5.74) is -0.616. The van der Waals surface area contributed by atoms with Crippen molar-refractivity contribution in [3.8, 4) is 23.3 Å². The van der Waals surface area contributed by atoms with Crippen LogP contribution in [0.25, 0.3) is 6.08 Å². The molecule has 1 saturated heterocycles. The normalized spacial score (nSPS) is 21.4. The standard InChI is InChI=1S/C25H22F3N3O4S/c1-14-12-31(13-15(2)34-14)24-30-23(32)22(36-24)10-16-4-7-20(21(9-16)33-3)35-19-6-5-17(11-29)8-18(19)25(26,27)28/h4-10,14-15H,12-13H2,1-3H3. The average Bonchev–Trinajstić information content (AvgIpc) is 3.19. The lowest BCUT2D eigenvalue weighted by Crippen LogP contribution is -2.47. The number of halogens is 3. The topological polar surface area (TPSA) is 84.2 Å². The average molecular weight is 518 g/mol. The maximum Gasteiger partial charge on any atom is 0.420 e. The second-order valence-electron chi connectivity index (χ2n) is 8.31. The SMILES string of the molecule is COc1cc(C=C2SC(N3CC(C)OC(C)C3)=NC2=O)ccc1Oc1ccc(C#N)cc1C(F)(F)F. The molecule has 0 spiro atoms. The van der Waals surface area contributed by atoms with Gasteiger partial charge in [0.15, 0.2) is 16.7 Å². The number of hydrogen-bond donors (Lipinski definition) is 0. The number of ether oxygens (including phenoxy) is 3. The Balaban J connectivity index is 1.55. The summed E-state index contributed by atoms with van der Waals surface area (Å²) in [7, 11) is 1.36. The number of nitrogens with zero attached hydrogens (tertiary/aromatic N) is 3. The molecule has 11 heteroatoms. The van der Waals surface area contributed by atoms with Crippen molar-refractivity contribution in [3.63, 3.8) is 0 Å². The lowest BCUT2D eigenvalue weighted by molar-refractivity contribution is -0.138. The van der Waals surface area contributed by atoms with E-state index in [-0.39, 0.29) is 35.2 Å². The van der Waals surface area contributed by atoms with E-state index in [2.05, 4.69) is 4.99 Å². The minimum absolute atomic E-state index is 0.0194. The van der Waals surface area contributed by atoms with Crippen molar-refractivity contribution in [2.75, 3.05) is 20.2 Å². The number of morpholine rings is 1. The number of nitriles is 1.